The summed E-state index contributed by atoms with van der Waals surface area (Å²) in [5.74, 6) is -0.909. The van der Waals surface area contributed by atoms with Crippen molar-refractivity contribution in [2.75, 3.05) is 5.75 Å². The molecule has 0 saturated heterocycles. The molecule has 0 aliphatic heterocycles. The lowest BCUT2D eigenvalue weighted by Crippen LogP contribution is -2.37. The number of hydrogen-bond acceptors (Lipinski definition) is 6. The number of aliphatic hydroxyl groups is 1. The Kier molecular flexibility index (Phi) is 3.12. The van der Waals surface area contributed by atoms with Crippen LogP contribution in [0.3, 0.4) is 0 Å². The highest BCUT2D eigenvalue weighted by atomic mass is 32.2. The molecule has 1 atom stereocenters. The van der Waals surface area contributed by atoms with Crippen molar-refractivity contribution in [3.8, 4) is 0 Å². The molecule has 0 bridgehead atoms. The van der Waals surface area contributed by atoms with Crippen molar-refractivity contribution in [1.29, 1.82) is 0 Å². The van der Waals surface area contributed by atoms with Crippen molar-refractivity contribution >= 4 is 17.7 Å². The van der Waals surface area contributed by atoms with E-state index in [9.17, 15) is 9.90 Å². The number of hydrogen-bond donors (Lipinski definition) is 2. The van der Waals surface area contributed by atoms with Crippen molar-refractivity contribution in [3.63, 3.8) is 0 Å². The molecule has 1 aromatic heterocycles. The van der Waals surface area contributed by atoms with Crippen LogP contribution in [-0.4, -0.2) is 37.7 Å². The zero-order chi connectivity index (χ0) is 10.8. The van der Waals surface area contributed by atoms with Crippen LogP contribution in [0.1, 0.15) is 12.8 Å². The first-order chi connectivity index (χ1) is 6.42. The van der Waals surface area contributed by atoms with Gasteiger partial charge in [-0.2, -0.15) is 0 Å². The Balaban J connectivity index is 2.52. The third-order valence-corrected chi connectivity index (χ3v) is 2.56. The molecule has 6 nitrogen and oxygen atoms in total. The second-order valence-corrected chi connectivity index (χ2v) is 3.88. The zero-order valence-corrected chi connectivity index (χ0v) is 8.54. The van der Waals surface area contributed by atoms with Crippen molar-refractivity contribution in [1.82, 2.24) is 10.2 Å². The number of carbonyl (C=O) groups is 1. The van der Waals surface area contributed by atoms with Gasteiger partial charge in [-0.3, -0.25) is 0 Å². The standard InChI is InChI=1S/C7H10N2O4S/c1-4-8-9-6(13-4)14-3-7(2,12)5(10)11/h12H,3H2,1-2H3,(H,10,11). The molecule has 0 radical (unpaired) electrons. The van der Waals surface area contributed by atoms with Crippen LogP contribution in [-0.2, 0) is 4.79 Å². The maximum Gasteiger partial charge on any atom is 0.336 e. The first kappa shape index (κ1) is 11.0. The highest BCUT2D eigenvalue weighted by Crippen LogP contribution is 2.21. The number of rotatable bonds is 4. The van der Waals surface area contributed by atoms with E-state index in [1.165, 1.54) is 6.92 Å². The first-order valence-electron chi connectivity index (χ1n) is 3.80. The van der Waals surface area contributed by atoms with Gasteiger partial charge < -0.3 is 14.6 Å². The van der Waals surface area contributed by atoms with Crippen molar-refractivity contribution in [3.05, 3.63) is 5.89 Å². The monoisotopic (exact) mass is 218 g/mol. The van der Waals surface area contributed by atoms with Gasteiger partial charge in [0.25, 0.3) is 5.22 Å². The minimum absolute atomic E-state index is 0.0377. The number of aromatic nitrogens is 2. The SMILES string of the molecule is Cc1nnc(SCC(C)(O)C(=O)O)o1. The molecule has 0 aromatic carbocycles. The summed E-state index contributed by atoms with van der Waals surface area (Å²) < 4.78 is 5.00. The maximum atomic E-state index is 10.5. The molecule has 7 heteroatoms. The highest BCUT2D eigenvalue weighted by Gasteiger charge is 2.30. The van der Waals surface area contributed by atoms with E-state index in [4.69, 9.17) is 9.52 Å². The summed E-state index contributed by atoms with van der Waals surface area (Å²) in [6, 6.07) is 0. The third kappa shape index (κ3) is 2.71. The van der Waals surface area contributed by atoms with Crippen molar-refractivity contribution in [2.45, 2.75) is 24.7 Å². The van der Waals surface area contributed by atoms with Crippen molar-refractivity contribution < 1.29 is 19.4 Å². The first-order valence-corrected chi connectivity index (χ1v) is 4.79. The fourth-order valence-electron chi connectivity index (χ4n) is 0.601. The average Bonchev–Trinajstić information content (AvgIpc) is 2.48. The van der Waals surface area contributed by atoms with Crippen molar-refractivity contribution in [2.24, 2.45) is 0 Å². The lowest BCUT2D eigenvalue weighted by molar-refractivity contribution is -0.154. The van der Waals surface area contributed by atoms with Crippen LogP contribution in [0.25, 0.3) is 0 Å². The molecule has 0 aliphatic carbocycles. The number of thioether (sulfide) groups is 1. The normalized spacial score (nSPS) is 15.1. The van der Waals surface area contributed by atoms with Crippen LogP contribution in [0.4, 0.5) is 0 Å². The summed E-state index contributed by atoms with van der Waals surface area (Å²) in [5.41, 5.74) is -1.78. The number of carboxylic acids is 1. The van der Waals surface area contributed by atoms with Gasteiger partial charge in [-0.15, -0.1) is 10.2 Å². The van der Waals surface area contributed by atoms with Gasteiger partial charge in [0.05, 0.1) is 0 Å². The van der Waals surface area contributed by atoms with E-state index in [1.807, 2.05) is 0 Å². The summed E-state index contributed by atoms with van der Waals surface area (Å²) in [6.07, 6.45) is 0. The van der Waals surface area contributed by atoms with Gasteiger partial charge in [-0.1, -0.05) is 11.8 Å². The lowest BCUT2D eigenvalue weighted by Gasteiger charge is -2.15. The second kappa shape index (κ2) is 3.97. The average molecular weight is 218 g/mol. The predicted octanol–water partition coefficient (Wildman–Crippen LogP) is 0.306. The van der Waals surface area contributed by atoms with Crippen LogP contribution in [0.15, 0.2) is 9.64 Å². The Bertz CT molecular complexity index is 336. The van der Waals surface area contributed by atoms with E-state index in [1.54, 1.807) is 6.92 Å². The molecule has 1 heterocycles. The molecule has 78 valence electrons. The van der Waals surface area contributed by atoms with E-state index in [0.717, 1.165) is 11.8 Å². The topological polar surface area (TPSA) is 96.5 Å². The van der Waals surface area contributed by atoms with Gasteiger partial charge in [0.15, 0.2) is 5.60 Å². The van der Waals surface area contributed by atoms with Gasteiger partial charge in [0, 0.05) is 12.7 Å². The minimum atomic E-state index is -1.78. The van der Waals surface area contributed by atoms with Crippen LogP contribution in [0.2, 0.25) is 0 Å². The Morgan fingerprint density at radius 2 is 2.29 bits per heavy atom. The fourth-order valence-corrected chi connectivity index (χ4v) is 1.41. The molecule has 0 aliphatic rings. The summed E-state index contributed by atoms with van der Waals surface area (Å²) in [5, 5.41) is 25.4. The van der Waals surface area contributed by atoms with E-state index >= 15 is 0 Å². The second-order valence-electron chi connectivity index (χ2n) is 2.95. The van der Waals surface area contributed by atoms with Crippen LogP contribution in [0.5, 0.6) is 0 Å². The summed E-state index contributed by atoms with van der Waals surface area (Å²) in [6.45, 7) is 2.85. The number of aliphatic carboxylic acids is 1. The summed E-state index contributed by atoms with van der Waals surface area (Å²) >= 11 is 1.01. The van der Waals surface area contributed by atoms with Crippen LogP contribution < -0.4 is 0 Å². The predicted molar refractivity (Wildman–Crippen MR) is 48.0 cm³/mol. The maximum absolute atomic E-state index is 10.5. The minimum Gasteiger partial charge on any atom is -0.479 e. The number of aryl methyl sites for hydroxylation is 1. The molecule has 1 unspecified atom stereocenters. The van der Waals surface area contributed by atoms with Crippen LogP contribution in [0, 0.1) is 6.92 Å². The molecule has 0 saturated carbocycles. The molecular weight excluding hydrogens is 208 g/mol. The molecule has 1 aromatic rings. The Morgan fingerprint density at radius 1 is 1.64 bits per heavy atom. The Morgan fingerprint density at radius 3 is 2.71 bits per heavy atom. The summed E-state index contributed by atoms with van der Waals surface area (Å²) in [7, 11) is 0. The van der Waals surface area contributed by atoms with Gasteiger partial charge in [0.1, 0.15) is 0 Å². The van der Waals surface area contributed by atoms with E-state index in [2.05, 4.69) is 10.2 Å². The zero-order valence-electron chi connectivity index (χ0n) is 7.72. The smallest absolute Gasteiger partial charge is 0.336 e. The van der Waals surface area contributed by atoms with Gasteiger partial charge in [0.2, 0.25) is 5.89 Å². The fraction of sp³-hybridized carbons (Fsp3) is 0.571. The van der Waals surface area contributed by atoms with Gasteiger partial charge in [-0.05, 0) is 6.92 Å². The Labute approximate surface area is 84.3 Å². The molecular formula is C7H10N2O4S. The van der Waals surface area contributed by atoms with Gasteiger partial charge in [-0.25, -0.2) is 4.79 Å². The molecule has 2 N–H and O–H groups in total. The molecule has 0 amide bonds. The number of carboxylic acid groups (broad SMARTS) is 1. The molecule has 0 fully saturated rings. The van der Waals surface area contributed by atoms with E-state index in [-0.39, 0.29) is 11.0 Å². The van der Waals surface area contributed by atoms with Gasteiger partial charge >= 0.3 is 5.97 Å². The quantitative estimate of drug-likeness (QED) is 0.702. The van der Waals surface area contributed by atoms with Crippen LogP contribution >= 0.6 is 11.8 Å². The lowest BCUT2D eigenvalue weighted by atomic mass is 10.1. The molecule has 14 heavy (non-hydrogen) atoms. The molecule has 1 rings (SSSR count). The third-order valence-electron chi connectivity index (χ3n) is 1.44. The largest absolute Gasteiger partial charge is 0.479 e. The highest BCUT2D eigenvalue weighted by molar-refractivity contribution is 7.99. The number of nitrogens with zero attached hydrogens (tertiary/aromatic N) is 2. The van der Waals surface area contributed by atoms with E-state index < -0.39 is 11.6 Å². The van der Waals surface area contributed by atoms with E-state index in [0.29, 0.717) is 5.89 Å². The Hall–Kier alpha value is -1.08. The summed E-state index contributed by atoms with van der Waals surface area (Å²) in [4.78, 5) is 10.5. The molecule has 0 spiro atoms.